The molecule has 96 valence electrons. The molecule has 5 nitrogen and oxygen atoms in total. The zero-order valence-corrected chi connectivity index (χ0v) is 10.4. The molecule has 1 fully saturated rings. The minimum absolute atomic E-state index is 0.382. The highest BCUT2D eigenvalue weighted by Crippen LogP contribution is 2.17. The number of nitrogens with one attached hydrogen (secondary N) is 1. The third kappa shape index (κ3) is 4.09. The Morgan fingerprint density at radius 1 is 1.29 bits per heavy atom. The molecular weight excluding hydrogens is 218 g/mol. The Bertz CT molecular complexity index is 321. The van der Waals surface area contributed by atoms with Gasteiger partial charge in [0, 0.05) is 13.0 Å². The van der Waals surface area contributed by atoms with Crippen LogP contribution in [-0.4, -0.2) is 29.5 Å². The Balaban J connectivity index is 1.72. The number of hydrogen-bond acceptors (Lipinski definition) is 5. The lowest BCUT2D eigenvalue weighted by atomic mass is 10.0. The summed E-state index contributed by atoms with van der Waals surface area (Å²) in [5, 5.41) is 11.2. The van der Waals surface area contributed by atoms with Crippen LogP contribution >= 0.6 is 0 Å². The highest BCUT2D eigenvalue weighted by molar-refractivity contribution is 4.83. The van der Waals surface area contributed by atoms with E-state index in [1.165, 1.54) is 19.3 Å². The van der Waals surface area contributed by atoms with Gasteiger partial charge in [0.05, 0.1) is 12.6 Å². The lowest BCUT2D eigenvalue weighted by Crippen LogP contribution is -2.19. The lowest BCUT2D eigenvalue weighted by Gasteiger charge is -2.21. The number of rotatable bonds is 6. The molecule has 5 heteroatoms. The number of ether oxygens (including phenoxy) is 1. The van der Waals surface area contributed by atoms with Gasteiger partial charge in [0.2, 0.25) is 11.8 Å². The van der Waals surface area contributed by atoms with E-state index < -0.39 is 0 Å². The standard InChI is InChI=1S/C12H21N3O2/c1-2-13-9-12-15-14-11(17-12)7-6-10-5-3-4-8-16-10/h10,13H,2-9H2,1H3. The van der Waals surface area contributed by atoms with Gasteiger partial charge in [0.25, 0.3) is 0 Å². The van der Waals surface area contributed by atoms with Crippen molar-refractivity contribution in [2.45, 2.75) is 51.7 Å². The van der Waals surface area contributed by atoms with Crippen LogP contribution in [0.4, 0.5) is 0 Å². The minimum atomic E-state index is 0.382. The number of aryl methyl sites for hydroxylation is 1. The topological polar surface area (TPSA) is 60.2 Å². The normalized spacial score (nSPS) is 20.6. The third-order valence-electron chi connectivity index (χ3n) is 2.99. The summed E-state index contributed by atoms with van der Waals surface area (Å²) in [5.74, 6) is 1.40. The van der Waals surface area contributed by atoms with Crippen LogP contribution in [0.2, 0.25) is 0 Å². The van der Waals surface area contributed by atoms with Crippen LogP contribution in [0, 0.1) is 0 Å². The molecule has 2 heterocycles. The van der Waals surface area contributed by atoms with Crippen LogP contribution in [0.5, 0.6) is 0 Å². The molecule has 0 spiro atoms. The predicted octanol–water partition coefficient (Wildman–Crippen LogP) is 1.68. The second-order valence-corrected chi connectivity index (χ2v) is 4.40. The maximum atomic E-state index is 5.67. The number of hydrogen-bond donors (Lipinski definition) is 1. The van der Waals surface area contributed by atoms with E-state index in [4.69, 9.17) is 9.15 Å². The molecule has 1 aromatic heterocycles. The molecule has 1 atom stereocenters. The van der Waals surface area contributed by atoms with Gasteiger partial charge in [0.1, 0.15) is 0 Å². The van der Waals surface area contributed by atoms with Crippen LogP contribution in [0.3, 0.4) is 0 Å². The largest absolute Gasteiger partial charge is 0.424 e. The van der Waals surface area contributed by atoms with Crippen molar-refractivity contribution < 1.29 is 9.15 Å². The average molecular weight is 239 g/mol. The fourth-order valence-electron chi connectivity index (χ4n) is 2.01. The van der Waals surface area contributed by atoms with Gasteiger partial charge in [-0.15, -0.1) is 10.2 Å². The number of nitrogens with zero attached hydrogens (tertiary/aromatic N) is 2. The SMILES string of the molecule is CCNCc1nnc(CCC2CCCCO2)o1. The van der Waals surface area contributed by atoms with Gasteiger partial charge in [0.15, 0.2) is 0 Å². The summed E-state index contributed by atoms with van der Waals surface area (Å²) in [6.07, 6.45) is 5.84. The van der Waals surface area contributed by atoms with Crippen LogP contribution in [0.15, 0.2) is 4.42 Å². The molecule has 0 amide bonds. The van der Waals surface area contributed by atoms with Gasteiger partial charge < -0.3 is 14.5 Å². The highest BCUT2D eigenvalue weighted by atomic mass is 16.5. The lowest BCUT2D eigenvalue weighted by molar-refractivity contribution is 0.0105. The van der Waals surface area contributed by atoms with Crippen LogP contribution in [0.25, 0.3) is 0 Å². The van der Waals surface area contributed by atoms with E-state index in [2.05, 4.69) is 22.4 Å². The summed E-state index contributed by atoms with van der Waals surface area (Å²) in [5.41, 5.74) is 0. The summed E-state index contributed by atoms with van der Waals surface area (Å²) >= 11 is 0. The van der Waals surface area contributed by atoms with Gasteiger partial charge in [-0.25, -0.2) is 0 Å². The highest BCUT2D eigenvalue weighted by Gasteiger charge is 2.15. The summed E-state index contributed by atoms with van der Waals surface area (Å²) in [6, 6.07) is 0. The van der Waals surface area contributed by atoms with Gasteiger partial charge in [-0.2, -0.15) is 0 Å². The first-order valence-electron chi connectivity index (χ1n) is 6.52. The molecule has 0 aliphatic carbocycles. The van der Waals surface area contributed by atoms with Crippen LogP contribution in [-0.2, 0) is 17.7 Å². The Kier molecular flexibility index (Phi) is 4.94. The minimum Gasteiger partial charge on any atom is -0.424 e. The van der Waals surface area contributed by atoms with Crippen molar-refractivity contribution >= 4 is 0 Å². The molecule has 1 saturated heterocycles. The maximum absolute atomic E-state index is 5.67. The third-order valence-corrected chi connectivity index (χ3v) is 2.99. The second-order valence-electron chi connectivity index (χ2n) is 4.40. The molecule has 0 radical (unpaired) electrons. The van der Waals surface area contributed by atoms with E-state index in [9.17, 15) is 0 Å². The zero-order valence-electron chi connectivity index (χ0n) is 10.4. The Labute approximate surface area is 102 Å². The molecule has 1 aliphatic rings. The molecule has 0 aromatic carbocycles. The summed E-state index contributed by atoms with van der Waals surface area (Å²) in [7, 11) is 0. The number of aromatic nitrogens is 2. The molecule has 17 heavy (non-hydrogen) atoms. The van der Waals surface area contributed by atoms with Gasteiger partial charge >= 0.3 is 0 Å². The molecule has 1 unspecified atom stereocenters. The van der Waals surface area contributed by atoms with E-state index >= 15 is 0 Å². The molecule has 0 bridgehead atoms. The van der Waals surface area contributed by atoms with Crippen molar-refractivity contribution in [2.75, 3.05) is 13.2 Å². The first kappa shape index (κ1) is 12.5. The van der Waals surface area contributed by atoms with Gasteiger partial charge in [-0.05, 0) is 32.2 Å². The van der Waals surface area contributed by atoms with Crippen molar-refractivity contribution in [3.63, 3.8) is 0 Å². The molecule has 1 aromatic rings. The van der Waals surface area contributed by atoms with Crippen LogP contribution in [0.1, 0.15) is 44.4 Å². The Morgan fingerprint density at radius 2 is 2.18 bits per heavy atom. The van der Waals surface area contributed by atoms with E-state index in [1.807, 2.05) is 0 Å². The van der Waals surface area contributed by atoms with Crippen molar-refractivity contribution in [3.8, 4) is 0 Å². The van der Waals surface area contributed by atoms with Crippen molar-refractivity contribution in [3.05, 3.63) is 11.8 Å². The average Bonchev–Trinajstić information content (AvgIpc) is 2.83. The molecule has 0 saturated carbocycles. The van der Waals surface area contributed by atoms with E-state index in [1.54, 1.807) is 0 Å². The zero-order chi connectivity index (χ0) is 11.9. The van der Waals surface area contributed by atoms with Crippen molar-refractivity contribution in [1.29, 1.82) is 0 Å². The first-order chi connectivity index (χ1) is 8.38. The van der Waals surface area contributed by atoms with Crippen molar-refractivity contribution in [1.82, 2.24) is 15.5 Å². The Hall–Kier alpha value is -0.940. The fraction of sp³-hybridized carbons (Fsp3) is 0.833. The maximum Gasteiger partial charge on any atom is 0.230 e. The van der Waals surface area contributed by atoms with Crippen LogP contribution < -0.4 is 5.32 Å². The molecule has 2 rings (SSSR count). The van der Waals surface area contributed by atoms with Crippen molar-refractivity contribution in [2.24, 2.45) is 0 Å². The fourth-order valence-corrected chi connectivity index (χ4v) is 2.01. The predicted molar refractivity (Wildman–Crippen MR) is 63.6 cm³/mol. The Morgan fingerprint density at radius 3 is 2.94 bits per heavy atom. The van der Waals surface area contributed by atoms with E-state index in [0.29, 0.717) is 18.5 Å². The first-order valence-corrected chi connectivity index (χ1v) is 6.52. The smallest absolute Gasteiger partial charge is 0.230 e. The van der Waals surface area contributed by atoms with Gasteiger partial charge in [-0.3, -0.25) is 0 Å². The summed E-state index contributed by atoms with van der Waals surface area (Å²) < 4.78 is 11.2. The molecular formula is C12H21N3O2. The quantitative estimate of drug-likeness (QED) is 0.818. The summed E-state index contributed by atoms with van der Waals surface area (Å²) in [6.45, 7) is 4.52. The monoisotopic (exact) mass is 239 g/mol. The van der Waals surface area contributed by atoms with E-state index in [0.717, 1.165) is 31.9 Å². The molecule has 1 aliphatic heterocycles. The van der Waals surface area contributed by atoms with Gasteiger partial charge in [-0.1, -0.05) is 6.92 Å². The summed E-state index contributed by atoms with van der Waals surface area (Å²) in [4.78, 5) is 0. The molecule has 1 N–H and O–H groups in total. The van der Waals surface area contributed by atoms with E-state index in [-0.39, 0.29) is 0 Å². The second kappa shape index (κ2) is 6.71.